The molecule has 5 nitrogen and oxygen atoms in total. The maximum absolute atomic E-state index is 13.3. The van der Waals surface area contributed by atoms with Gasteiger partial charge in [0, 0.05) is 47.0 Å². The van der Waals surface area contributed by atoms with E-state index in [-0.39, 0.29) is 45.0 Å². The number of amides is 1. The van der Waals surface area contributed by atoms with Gasteiger partial charge in [0.1, 0.15) is 5.82 Å². The molecule has 9 heteroatoms. The predicted molar refractivity (Wildman–Crippen MR) is 142 cm³/mol. The van der Waals surface area contributed by atoms with Crippen LogP contribution in [-0.4, -0.2) is 51.7 Å². The molecule has 3 aromatic carbocycles. The van der Waals surface area contributed by atoms with Gasteiger partial charge in [-0.1, -0.05) is 29.3 Å². The SMILES string of the molecule is C[C@H]1[C@H](C)N(c2cccc(Cl)c2)CCN1C(=O)c1ccc(S(=O)CC(=O)c2ccc(F)cc2)c(Cl)c1. The van der Waals surface area contributed by atoms with Crippen LogP contribution >= 0.6 is 23.2 Å². The molecule has 36 heavy (non-hydrogen) atoms. The fourth-order valence-corrected chi connectivity index (χ4v) is 6.03. The number of piperazine rings is 1. The Bertz CT molecular complexity index is 1320. The zero-order chi connectivity index (χ0) is 26.0. The molecule has 0 aliphatic carbocycles. The van der Waals surface area contributed by atoms with Gasteiger partial charge in [-0.3, -0.25) is 13.8 Å². The highest BCUT2D eigenvalue weighted by Crippen LogP contribution is 2.29. The van der Waals surface area contributed by atoms with Crippen LogP contribution in [0.2, 0.25) is 10.0 Å². The van der Waals surface area contributed by atoms with Crippen molar-refractivity contribution in [1.82, 2.24) is 4.90 Å². The third kappa shape index (κ3) is 5.64. The topological polar surface area (TPSA) is 57.7 Å². The second-order valence-electron chi connectivity index (χ2n) is 8.72. The van der Waals surface area contributed by atoms with E-state index in [2.05, 4.69) is 11.8 Å². The van der Waals surface area contributed by atoms with Gasteiger partial charge in [0.25, 0.3) is 5.91 Å². The number of nitrogens with zero attached hydrogens (tertiary/aromatic N) is 2. The largest absolute Gasteiger partial charge is 0.365 e. The number of halogens is 3. The molecule has 3 atom stereocenters. The van der Waals surface area contributed by atoms with E-state index in [9.17, 15) is 18.2 Å². The maximum atomic E-state index is 13.3. The molecule has 4 rings (SSSR count). The quantitative estimate of drug-likeness (QED) is 0.363. The lowest BCUT2D eigenvalue weighted by atomic mass is 10.0. The number of ketones is 1. The Hall–Kier alpha value is -2.74. The molecule has 0 radical (unpaired) electrons. The lowest BCUT2D eigenvalue weighted by molar-refractivity contribution is 0.0634. The van der Waals surface area contributed by atoms with Crippen LogP contribution in [0, 0.1) is 5.82 Å². The minimum atomic E-state index is -1.72. The standard InChI is InChI=1S/C27H25Cl2FN2O3S/c1-17-18(2)32(13-12-31(17)23-5-3-4-21(28)15-23)27(34)20-8-11-26(24(29)14-20)36(35)16-25(33)19-6-9-22(30)10-7-19/h3-11,14-15,17-18H,12-13,16H2,1-2H3/t17-,18-,36?/m0/s1. The number of benzene rings is 3. The molecular formula is C27H25Cl2FN2O3S. The van der Waals surface area contributed by atoms with Crippen molar-refractivity contribution in [2.75, 3.05) is 23.7 Å². The fraction of sp³-hybridized carbons (Fsp3) is 0.259. The van der Waals surface area contributed by atoms with E-state index in [1.807, 2.05) is 36.1 Å². The molecule has 0 aromatic heterocycles. The molecule has 0 N–H and O–H groups in total. The number of hydrogen-bond acceptors (Lipinski definition) is 4. The first-order valence-corrected chi connectivity index (χ1v) is 13.5. The highest BCUT2D eigenvalue weighted by atomic mass is 35.5. The van der Waals surface area contributed by atoms with E-state index in [1.165, 1.54) is 36.4 Å². The molecular weight excluding hydrogens is 522 g/mol. The van der Waals surface area contributed by atoms with Crippen LogP contribution < -0.4 is 4.90 Å². The summed E-state index contributed by atoms with van der Waals surface area (Å²) >= 11 is 12.6. The minimum Gasteiger partial charge on any atom is -0.365 e. The molecule has 1 aliphatic rings. The highest BCUT2D eigenvalue weighted by molar-refractivity contribution is 7.86. The number of rotatable bonds is 6. The van der Waals surface area contributed by atoms with E-state index < -0.39 is 16.6 Å². The highest BCUT2D eigenvalue weighted by Gasteiger charge is 2.34. The molecule has 1 unspecified atom stereocenters. The molecule has 0 spiro atoms. The van der Waals surface area contributed by atoms with Crippen molar-refractivity contribution in [2.24, 2.45) is 0 Å². The molecule has 0 saturated carbocycles. The van der Waals surface area contributed by atoms with Crippen molar-refractivity contribution in [3.8, 4) is 0 Å². The van der Waals surface area contributed by atoms with Gasteiger partial charge in [-0.15, -0.1) is 0 Å². The molecule has 1 aliphatic heterocycles. The molecule has 0 bridgehead atoms. The number of anilines is 1. The Morgan fingerprint density at radius 1 is 0.944 bits per heavy atom. The molecule has 1 fully saturated rings. The average molecular weight is 547 g/mol. The van der Waals surface area contributed by atoms with Gasteiger partial charge < -0.3 is 9.80 Å². The second kappa shape index (κ2) is 11.1. The number of carbonyl (C=O) groups excluding carboxylic acids is 2. The summed E-state index contributed by atoms with van der Waals surface area (Å²) in [6, 6.07) is 17.3. The van der Waals surface area contributed by atoms with Crippen molar-refractivity contribution in [3.05, 3.63) is 93.7 Å². The Labute approximate surface area is 222 Å². The van der Waals surface area contributed by atoms with Crippen LogP contribution in [0.4, 0.5) is 10.1 Å². The molecule has 188 valence electrons. The summed E-state index contributed by atoms with van der Waals surface area (Å²) in [5, 5.41) is 0.821. The first kappa shape index (κ1) is 26.3. The average Bonchev–Trinajstić information content (AvgIpc) is 2.85. The van der Waals surface area contributed by atoms with Crippen molar-refractivity contribution < 1.29 is 18.2 Å². The fourth-order valence-electron chi connectivity index (χ4n) is 4.35. The summed E-state index contributed by atoms with van der Waals surface area (Å²) in [6.07, 6.45) is 0. The normalized spacial score (nSPS) is 18.7. The minimum absolute atomic E-state index is 0.0564. The van der Waals surface area contributed by atoms with Gasteiger partial charge in [-0.2, -0.15) is 0 Å². The summed E-state index contributed by atoms with van der Waals surface area (Å²) in [5.74, 6) is -1.30. The zero-order valence-electron chi connectivity index (χ0n) is 19.8. The van der Waals surface area contributed by atoms with Crippen LogP contribution in [0.25, 0.3) is 0 Å². The van der Waals surface area contributed by atoms with E-state index in [4.69, 9.17) is 23.2 Å². The Balaban J connectivity index is 1.45. The second-order valence-corrected chi connectivity index (χ2v) is 11.0. The molecule has 1 saturated heterocycles. The first-order chi connectivity index (χ1) is 17.2. The Morgan fingerprint density at radius 3 is 2.31 bits per heavy atom. The van der Waals surface area contributed by atoms with E-state index in [0.717, 1.165) is 5.69 Å². The predicted octanol–water partition coefficient (Wildman–Crippen LogP) is 5.86. The van der Waals surface area contributed by atoms with Gasteiger partial charge in [0.15, 0.2) is 5.78 Å². The summed E-state index contributed by atoms with van der Waals surface area (Å²) in [4.78, 5) is 30.1. The van der Waals surface area contributed by atoms with Gasteiger partial charge in [0.05, 0.1) is 26.5 Å². The van der Waals surface area contributed by atoms with Gasteiger partial charge in [-0.25, -0.2) is 4.39 Å². The van der Waals surface area contributed by atoms with Gasteiger partial charge in [-0.05, 0) is 74.5 Å². The number of carbonyl (C=O) groups is 2. The van der Waals surface area contributed by atoms with Crippen molar-refractivity contribution >= 4 is 51.4 Å². The van der Waals surface area contributed by atoms with Crippen LogP contribution in [0.1, 0.15) is 34.6 Å². The molecule has 1 heterocycles. The summed E-state index contributed by atoms with van der Waals surface area (Å²) in [6.45, 7) is 5.25. The summed E-state index contributed by atoms with van der Waals surface area (Å²) in [7, 11) is -1.72. The Kier molecular flexibility index (Phi) is 8.13. The summed E-state index contributed by atoms with van der Waals surface area (Å²) in [5.41, 5.74) is 1.67. The molecule has 1 amide bonds. The van der Waals surface area contributed by atoms with Crippen molar-refractivity contribution in [1.29, 1.82) is 0 Å². The number of hydrogen-bond donors (Lipinski definition) is 0. The zero-order valence-corrected chi connectivity index (χ0v) is 22.1. The lowest BCUT2D eigenvalue weighted by Crippen LogP contribution is -2.59. The third-order valence-corrected chi connectivity index (χ3v) is 8.55. The van der Waals surface area contributed by atoms with E-state index in [1.54, 1.807) is 6.07 Å². The summed E-state index contributed by atoms with van der Waals surface area (Å²) < 4.78 is 25.9. The van der Waals surface area contributed by atoms with Crippen molar-refractivity contribution in [2.45, 2.75) is 30.8 Å². The van der Waals surface area contributed by atoms with Crippen LogP contribution in [-0.2, 0) is 10.8 Å². The van der Waals surface area contributed by atoms with Crippen LogP contribution in [0.15, 0.2) is 71.6 Å². The van der Waals surface area contributed by atoms with Crippen LogP contribution in [0.5, 0.6) is 0 Å². The van der Waals surface area contributed by atoms with Crippen LogP contribution in [0.3, 0.4) is 0 Å². The third-order valence-electron chi connectivity index (χ3n) is 6.52. The molecule has 3 aromatic rings. The first-order valence-electron chi connectivity index (χ1n) is 11.5. The number of Topliss-reactive ketones (excluding diaryl/α,β-unsaturated/α-hetero) is 1. The maximum Gasteiger partial charge on any atom is 0.254 e. The lowest BCUT2D eigenvalue weighted by Gasteiger charge is -2.46. The van der Waals surface area contributed by atoms with Gasteiger partial charge in [0.2, 0.25) is 0 Å². The Morgan fingerprint density at radius 2 is 1.64 bits per heavy atom. The smallest absolute Gasteiger partial charge is 0.254 e. The monoisotopic (exact) mass is 546 g/mol. The van der Waals surface area contributed by atoms with E-state index in [0.29, 0.717) is 23.7 Å². The van der Waals surface area contributed by atoms with E-state index >= 15 is 0 Å². The van der Waals surface area contributed by atoms with Crippen molar-refractivity contribution in [3.63, 3.8) is 0 Å². The van der Waals surface area contributed by atoms with Gasteiger partial charge >= 0.3 is 0 Å².